The molecule has 2 amide bonds. The normalized spacial score (nSPS) is 17.6. The molecule has 0 saturated carbocycles. The Bertz CT molecular complexity index is 774. The fourth-order valence-corrected chi connectivity index (χ4v) is 3.46. The molecule has 2 unspecified atom stereocenters. The number of nitrogens with one attached hydrogen (secondary N) is 1. The van der Waals surface area contributed by atoms with Gasteiger partial charge in [-0.1, -0.05) is 42.5 Å². The Balaban J connectivity index is 1.49. The maximum atomic E-state index is 12.5. The Hall–Kier alpha value is -2.82. The molecule has 0 aromatic heterocycles. The molecule has 27 heavy (non-hydrogen) atoms. The van der Waals surface area contributed by atoms with E-state index in [1.807, 2.05) is 66.4 Å². The van der Waals surface area contributed by atoms with Crippen molar-refractivity contribution in [2.24, 2.45) is 5.92 Å². The van der Waals surface area contributed by atoms with E-state index >= 15 is 0 Å². The van der Waals surface area contributed by atoms with Crippen LogP contribution in [-0.2, 0) is 16.0 Å². The van der Waals surface area contributed by atoms with Crippen LogP contribution in [0.1, 0.15) is 30.5 Å². The van der Waals surface area contributed by atoms with Gasteiger partial charge in [0.2, 0.25) is 11.8 Å². The molecule has 0 aliphatic carbocycles. The highest BCUT2D eigenvalue weighted by Gasteiger charge is 2.36. The minimum atomic E-state index is -0.278. The number of carbonyl (C=O) groups is 2. The van der Waals surface area contributed by atoms with Crippen molar-refractivity contribution in [3.05, 3.63) is 65.7 Å². The molecule has 142 valence electrons. The molecular weight excluding hydrogens is 340 g/mol. The second kappa shape index (κ2) is 8.71. The summed E-state index contributed by atoms with van der Waals surface area (Å²) in [6.45, 7) is 3.05. The zero-order chi connectivity index (χ0) is 19.2. The molecule has 0 bridgehead atoms. The zero-order valence-electron chi connectivity index (χ0n) is 15.9. The standard InChI is InChI=1S/C22H26N2O3/c1-16(18-6-4-3-5-7-18)24-15-19(14-21(24)25)22(26)23-13-12-17-8-10-20(27-2)11-9-17/h3-11,16,19H,12-15H2,1-2H3,(H,23,26). The number of hydrogen-bond donors (Lipinski definition) is 1. The highest BCUT2D eigenvalue weighted by Crippen LogP contribution is 2.28. The molecular formula is C22H26N2O3. The first-order chi connectivity index (χ1) is 13.1. The van der Waals surface area contributed by atoms with Crippen LogP contribution < -0.4 is 10.1 Å². The van der Waals surface area contributed by atoms with Gasteiger partial charge in [0.05, 0.1) is 19.1 Å². The minimum Gasteiger partial charge on any atom is -0.497 e. The van der Waals surface area contributed by atoms with E-state index < -0.39 is 0 Å². The fraction of sp³-hybridized carbons (Fsp3) is 0.364. The van der Waals surface area contributed by atoms with Gasteiger partial charge in [0, 0.05) is 19.5 Å². The van der Waals surface area contributed by atoms with Crippen LogP contribution in [0.5, 0.6) is 5.75 Å². The van der Waals surface area contributed by atoms with Gasteiger partial charge in [-0.15, -0.1) is 0 Å². The van der Waals surface area contributed by atoms with Gasteiger partial charge < -0.3 is 15.0 Å². The summed E-state index contributed by atoms with van der Waals surface area (Å²) in [6.07, 6.45) is 1.03. The van der Waals surface area contributed by atoms with E-state index in [4.69, 9.17) is 4.74 Å². The molecule has 0 spiro atoms. The molecule has 2 aromatic rings. The van der Waals surface area contributed by atoms with Gasteiger partial charge in [-0.05, 0) is 36.6 Å². The molecule has 3 rings (SSSR count). The summed E-state index contributed by atoms with van der Waals surface area (Å²) in [4.78, 5) is 26.7. The molecule has 1 fully saturated rings. The molecule has 5 nitrogen and oxygen atoms in total. The van der Waals surface area contributed by atoms with Crippen molar-refractivity contribution in [2.75, 3.05) is 20.2 Å². The minimum absolute atomic E-state index is 0.0178. The summed E-state index contributed by atoms with van der Waals surface area (Å²) in [5, 5.41) is 2.97. The van der Waals surface area contributed by atoms with E-state index in [1.54, 1.807) is 7.11 Å². The van der Waals surface area contributed by atoms with Crippen molar-refractivity contribution in [3.8, 4) is 5.75 Å². The Kier molecular flexibility index (Phi) is 6.12. The molecule has 1 aliphatic rings. The average molecular weight is 366 g/mol. The van der Waals surface area contributed by atoms with Crippen molar-refractivity contribution < 1.29 is 14.3 Å². The van der Waals surface area contributed by atoms with Gasteiger partial charge >= 0.3 is 0 Å². The quantitative estimate of drug-likeness (QED) is 0.820. The number of carbonyl (C=O) groups excluding carboxylic acids is 2. The first-order valence-corrected chi connectivity index (χ1v) is 9.33. The largest absolute Gasteiger partial charge is 0.497 e. The number of hydrogen-bond acceptors (Lipinski definition) is 3. The van der Waals surface area contributed by atoms with Crippen LogP contribution in [-0.4, -0.2) is 36.9 Å². The molecule has 0 radical (unpaired) electrons. The van der Waals surface area contributed by atoms with Crippen molar-refractivity contribution in [2.45, 2.75) is 25.8 Å². The van der Waals surface area contributed by atoms with Gasteiger partial charge in [-0.25, -0.2) is 0 Å². The first kappa shape index (κ1) is 19.0. The number of benzene rings is 2. The topological polar surface area (TPSA) is 58.6 Å². The predicted molar refractivity (Wildman–Crippen MR) is 104 cm³/mol. The third-order valence-electron chi connectivity index (χ3n) is 5.15. The molecule has 1 heterocycles. The lowest BCUT2D eigenvalue weighted by atomic mass is 10.1. The summed E-state index contributed by atoms with van der Waals surface area (Å²) in [6, 6.07) is 17.7. The third kappa shape index (κ3) is 4.67. The Labute approximate surface area is 160 Å². The van der Waals surface area contributed by atoms with E-state index in [0.29, 0.717) is 13.1 Å². The summed E-state index contributed by atoms with van der Waals surface area (Å²) >= 11 is 0. The van der Waals surface area contributed by atoms with Gasteiger partial charge in [0.25, 0.3) is 0 Å². The van der Waals surface area contributed by atoms with Gasteiger partial charge in [-0.3, -0.25) is 9.59 Å². The fourth-order valence-electron chi connectivity index (χ4n) is 3.46. The van der Waals surface area contributed by atoms with Gasteiger partial charge in [0.15, 0.2) is 0 Å². The molecule has 2 aromatic carbocycles. The predicted octanol–water partition coefficient (Wildman–Crippen LogP) is 2.96. The van der Waals surface area contributed by atoms with Crippen molar-refractivity contribution in [1.29, 1.82) is 0 Å². The first-order valence-electron chi connectivity index (χ1n) is 9.33. The Morgan fingerprint density at radius 3 is 2.56 bits per heavy atom. The lowest BCUT2D eigenvalue weighted by Crippen LogP contribution is -2.34. The molecule has 2 atom stereocenters. The van der Waals surface area contributed by atoms with Crippen LogP contribution in [0.4, 0.5) is 0 Å². The lowest BCUT2D eigenvalue weighted by molar-refractivity contribution is -0.130. The molecule has 1 N–H and O–H groups in total. The van der Waals surface area contributed by atoms with Crippen LogP contribution in [0.15, 0.2) is 54.6 Å². The summed E-state index contributed by atoms with van der Waals surface area (Å²) in [7, 11) is 1.64. The van der Waals surface area contributed by atoms with Gasteiger partial charge in [0.1, 0.15) is 5.75 Å². The van der Waals surface area contributed by atoms with Crippen molar-refractivity contribution in [1.82, 2.24) is 10.2 Å². The van der Waals surface area contributed by atoms with E-state index in [2.05, 4.69) is 5.32 Å². The monoisotopic (exact) mass is 366 g/mol. The lowest BCUT2D eigenvalue weighted by Gasteiger charge is -2.25. The molecule has 5 heteroatoms. The molecule has 1 saturated heterocycles. The highest BCUT2D eigenvalue weighted by atomic mass is 16.5. The summed E-state index contributed by atoms with van der Waals surface area (Å²) in [5.41, 5.74) is 2.23. The molecule has 1 aliphatic heterocycles. The van der Waals surface area contributed by atoms with Crippen molar-refractivity contribution in [3.63, 3.8) is 0 Å². The van der Waals surface area contributed by atoms with E-state index in [9.17, 15) is 9.59 Å². The maximum absolute atomic E-state index is 12.5. The summed E-state index contributed by atoms with van der Waals surface area (Å²) < 4.78 is 5.14. The number of rotatable bonds is 7. The average Bonchev–Trinajstić information content (AvgIpc) is 3.10. The van der Waals surface area contributed by atoms with Gasteiger partial charge in [-0.2, -0.15) is 0 Å². The third-order valence-corrected chi connectivity index (χ3v) is 5.15. The van der Waals surface area contributed by atoms with Crippen molar-refractivity contribution >= 4 is 11.8 Å². The number of nitrogens with zero attached hydrogens (tertiary/aromatic N) is 1. The van der Waals surface area contributed by atoms with Crippen LogP contribution >= 0.6 is 0 Å². The van der Waals surface area contributed by atoms with E-state index in [-0.39, 0.29) is 30.2 Å². The van der Waals surface area contributed by atoms with Crippen LogP contribution in [0, 0.1) is 5.92 Å². The van der Waals surface area contributed by atoms with Crippen LogP contribution in [0.25, 0.3) is 0 Å². The second-order valence-electron chi connectivity index (χ2n) is 6.92. The number of methoxy groups -OCH3 is 1. The Morgan fingerprint density at radius 2 is 1.89 bits per heavy atom. The Morgan fingerprint density at radius 1 is 1.19 bits per heavy atom. The number of amides is 2. The summed E-state index contributed by atoms with van der Waals surface area (Å²) in [5.74, 6) is 0.542. The van der Waals surface area contributed by atoms with E-state index in [0.717, 1.165) is 23.3 Å². The number of ether oxygens (including phenoxy) is 1. The van der Waals surface area contributed by atoms with Crippen LogP contribution in [0.2, 0.25) is 0 Å². The van der Waals surface area contributed by atoms with Crippen LogP contribution in [0.3, 0.4) is 0 Å². The van der Waals surface area contributed by atoms with E-state index in [1.165, 1.54) is 0 Å². The zero-order valence-corrected chi connectivity index (χ0v) is 15.9. The smallest absolute Gasteiger partial charge is 0.225 e. The number of likely N-dealkylation sites (tertiary alicyclic amines) is 1. The second-order valence-corrected chi connectivity index (χ2v) is 6.92. The highest BCUT2D eigenvalue weighted by molar-refractivity contribution is 5.89. The SMILES string of the molecule is COc1ccc(CCNC(=O)C2CC(=O)N(C(C)c3ccccc3)C2)cc1. The maximum Gasteiger partial charge on any atom is 0.225 e.